The minimum absolute atomic E-state index is 0.152. The van der Waals surface area contributed by atoms with Gasteiger partial charge in [-0.3, -0.25) is 9.59 Å². The van der Waals surface area contributed by atoms with E-state index < -0.39 is 12.6 Å². The zero-order valence-electron chi connectivity index (χ0n) is 12.9. The molecular formula is C15H20N2O5. The van der Waals surface area contributed by atoms with Gasteiger partial charge in [0.2, 0.25) is 5.91 Å². The Balaban J connectivity index is 2.70. The number of ether oxygens (including phenoxy) is 1. The van der Waals surface area contributed by atoms with Crippen LogP contribution in [0.3, 0.4) is 0 Å². The Bertz CT molecular complexity index is 560. The van der Waals surface area contributed by atoms with E-state index in [0.29, 0.717) is 35.5 Å². The molecule has 1 aromatic carbocycles. The first-order chi connectivity index (χ1) is 10.3. The Hall–Kier alpha value is -2.57. The summed E-state index contributed by atoms with van der Waals surface area (Å²) in [7, 11) is 0. The summed E-state index contributed by atoms with van der Waals surface area (Å²) < 4.78 is 5.21. The quantitative estimate of drug-likeness (QED) is 0.641. The molecule has 0 heterocycles. The molecule has 0 aliphatic carbocycles. The number of carboxylic acids is 1. The fourth-order valence-corrected chi connectivity index (χ4v) is 1.96. The number of carboxylic acid groups (broad SMARTS) is 1. The lowest BCUT2D eigenvalue weighted by atomic mass is 10.1. The first-order valence-electron chi connectivity index (χ1n) is 6.79. The molecule has 0 radical (unpaired) electrons. The molecule has 0 unspecified atom stereocenters. The number of nitrogens with one attached hydrogen (secondary N) is 2. The van der Waals surface area contributed by atoms with E-state index in [0.717, 1.165) is 0 Å². The molecule has 7 nitrogen and oxygen atoms in total. The molecule has 0 atom stereocenters. The third-order valence-corrected chi connectivity index (χ3v) is 2.85. The third-order valence-electron chi connectivity index (χ3n) is 2.85. The van der Waals surface area contributed by atoms with Crippen LogP contribution in [0.15, 0.2) is 12.1 Å². The van der Waals surface area contributed by atoms with Crippen LogP contribution in [0.2, 0.25) is 0 Å². The Labute approximate surface area is 128 Å². The van der Waals surface area contributed by atoms with Crippen LogP contribution in [0, 0.1) is 13.8 Å². The van der Waals surface area contributed by atoms with Gasteiger partial charge in [-0.1, -0.05) is 0 Å². The highest BCUT2D eigenvalue weighted by Crippen LogP contribution is 2.24. The van der Waals surface area contributed by atoms with Gasteiger partial charge in [0.25, 0.3) is 5.91 Å². The molecule has 7 heteroatoms. The minimum atomic E-state index is -1.06. The predicted molar refractivity (Wildman–Crippen MR) is 80.1 cm³/mol. The topological polar surface area (TPSA) is 105 Å². The monoisotopic (exact) mass is 308 g/mol. The van der Waals surface area contributed by atoms with E-state index in [2.05, 4.69) is 10.6 Å². The SMILES string of the molecule is CC(=O)NCCNC(=O)c1cc(C)c(OCC(=O)O)c(C)c1. The minimum Gasteiger partial charge on any atom is -0.481 e. The fourth-order valence-electron chi connectivity index (χ4n) is 1.96. The van der Waals surface area contributed by atoms with Crippen LogP contribution in [0.5, 0.6) is 5.75 Å². The maximum absolute atomic E-state index is 12.0. The summed E-state index contributed by atoms with van der Waals surface area (Å²) in [6.45, 7) is 5.16. The highest BCUT2D eigenvalue weighted by molar-refractivity contribution is 5.95. The molecule has 1 aromatic rings. The molecule has 0 aliphatic heterocycles. The number of carbonyl (C=O) groups excluding carboxylic acids is 2. The molecular weight excluding hydrogens is 288 g/mol. The zero-order valence-corrected chi connectivity index (χ0v) is 12.9. The lowest BCUT2D eigenvalue weighted by molar-refractivity contribution is -0.139. The number of amides is 2. The standard InChI is InChI=1S/C15H20N2O5/c1-9-6-12(15(21)17-5-4-16-11(3)18)7-10(2)14(9)22-8-13(19)20/h6-7H,4-5,8H2,1-3H3,(H,16,18)(H,17,21)(H,19,20). The van der Waals surface area contributed by atoms with Gasteiger partial charge < -0.3 is 20.5 Å². The summed E-state index contributed by atoms with van der Waals surface area (Å²) in [5, 5.41) is 13.9. The number of benzene rings is 1. The lowest BCUT2D eigenvalue weighted by Crippen LogP contribution is -2.33. The average Bonchev–Trinajstić information content (AvgIpc) is 2.41. The van der Waals surface area contributed by atoms with Crippen molar-refractivity contribution in [3.63, 3.8) is 0 Å². The van der Waals surface area contributed by atoms with Gasteiger partial charge in [0.1, 0.15) is 5.75 Å². The van der Waals surface area contributed by atoms with Gasteiger partial charge in [-0.2, -0.15) is 0 Å². The van der Waals surface area contributed by atoms with Crippen molar-refractivity contribution in [3.8, 4) is 5.75 Å². The average molecular weight is 308 g/mol. The van der Waals surface area contributed by atoms with E-state index in [9.17, 15) is 14.4 Å². The zero-order chi connectivity index (χ0) is 16.7. The second-order valence-corrected chi connectivity index (χ2v) is 4.86. The molecule has 0 aliphatic rings. The van der Waals surface area contributed by atoms with E-state index >= 15 is 0 Å². The van der Waals surface area contributed by atoms with Crippen molar-refractivity contribution < 1.29 is 24.2 Å². The molecule has 0 bridgehead atoms. The van der Waals surface area contributed by atoms with Gasteiger partial charge in [-0.05, 0) is 37.1 Å². The number of hydrogen-bond acceptors (Lipinski definition) is 4. The Kier molecular flexibility index (Phi) is 6.37. The summed E-state index contributed by atoms with van der Waals surface area (Å²) in [5.41, 5.74) is 1.84. The van der Waals surface area contributed by atoms with Crippen LogP contribution in [-0.4, -0.2) is 42.6 Å². The van der Waals surface area contributed by atoms with Crippen molar-refractivity contribution in [1.29, 1.82) is 0 Å². The second-order valence-electron chi connectivity index (χ2n) is 4.86. The summed E-state index contributed by atoms with van der Waals surface area (Å²) in [6, 6.07) is 3.27. The molecule has 120 valence electrons. The van der Waals surface area contributed by atoms with Crippen LogP contribution in [0.4, 0.5) is 0 Å². The molecule has 22 heavy (non-hydrogen) atoms. The van der Waals surface area contributed by atoms with Crippen molar-refractivity contribution >= 4 is 17.8 Å². The van der Waals surface area contributed by atoms with Crippen LogP contribution in [0.25, 0.3) is 0 Å². The number of carbonyl (C=O) groups is 3. The van der Waals surface area contributed by atoms with Crippen molar-refractivity contribution in [2.45, 2.75) is 20.8 Å². The Morgan fingerprint density at radius 3 is 2.14 bits per heavy atom. The van der Waals surface area contributed by atoms with Gasteiger partial charge in [0.15, 0.2) is 6.61 Å². The highest BCUT2D eigenvalue weighted by Gasteiger charge is 2.12. The van der Waals surface area contributed by atoms with Crippen LogP contribution in [-0.2, 0) is 9.59 Å². The third kappa shape index (κ3) is 5.43. The summed E-state index contributed by atoms with van der Waals surface area (Å²) in [5.74, 6) is -1.00. The maximum Gasteiger partial charge on any atom is 0.341 e. The van der Waals surface area contributed by atoms with E-state index in [-0.39, 0.29) is 11.8 Å². The maximum atomic E-state index is 12.0. The van der Waals surface area contributed by atoms with Gasteiger partial charge >= 0.3 is 5.97 Å². The number of aliphatic carboxylic acids is 1. The van der Waals surface area contributed by atoms with Gasteiger partial charge in [-0.25, -0.2) is 4.79 Å². The van der Waals surface area contributed by atoms with E-state index in [1.165, 1.54) is 6.92 Å². The molecule has 0 spiro atoms. The summed E-state index contributed by atoms with van der Waals surface area (Å²) in [4.78, 5) is 33.3. The van der Waals surface area contributed by atoms with E-state index in [1.54, 1.807) is 26.0 Å². The molecule has 0 aromatic heterocycles. The van der Waals surface area contributed by atoms with Crippen molar-refractivity contribution in [2.24, 2.45) is 0 Å². The number of hydrogen-bond donors (Lipinski definition) is 3. The number of rotatable bonds is 7. The molecule has 0 saturated heterocycles. The molecule has 0 fully saturated rings. The lowest BCUT2D eigenvalue weighted by Gasteiger charge is -2.13. The Morgan fingerprint density at radius 2 is 1.64 bits per heavy atom. The second kappa shape index (κ2) is 8.02. The molecule has 3 N–H and O–H groups in total. The predicted octanol–water partition coefficient (Wildman–Crippen LogP) is 0.633. The van der Waals surface area contributed by atoms with Crippen LogP contribution >= 0.6 is 0 Å². The Morgan fingerprint density at radius 1 is 1.09 bits per heavy atom. The summed E-state index contributed by atoms with van der Waals surface area (Å²) in [6.07, 6.45) is 0. The van der Waals surface area contributed by atoms with E-state index in [1.807, 2.05) is 0 Å². The van der Waals surface area contributed by atoms with Crippen LogP contribution in [0.1, 0.15) is 28.4 Å². The van der Waals surface area contributed by atoms with Gasteiger partial charge in [0.05, 0.1) is 0 Å². The molecule has 1 rings (SSSR count). The largest absolute Gasteiger partial charge is 0.481 e. The van der Waals surface area contributed by atoms with Crippen LogP contribution < -0.4 is 15.4 Å². The molecule has 0 saturated carbocycles. The normalized spacial score (nSPS) is 9.95. The van der Waals surface area contributed by atoms with Gasteiger partial charge in [0, 0.05) is 25.6 Å². The van der Waals surface area contributed by atoms with Gasteiger partial charge in [-0.15, -0.1) is 0 Å². The first kappa shape index (κ1) is 17.5. The fraction of sp³-hybridized carbons (Fsp3) is 0.400. The van der Waals surface area contributed by atoms with E-state index in [4.69, 9.17) is 9.84 Å². The van der Waals surface area contributed by atoms with Crippen molar-refractivity contribution in [2.75, 3.05) is 19.7 Å². The highest BCUT2D eigenvalue weighted by atomic mass is 16.5. The smallest absolute Gasteiger partial charge is 0.341 e. The summed E-state index contributed by atoms with van der Waals surface area (Å²) >= 11 is 0. The molecule has 2 amide bonds. The van der Waals surface area contributed by atoms with Crippen molar-refractivity contribution in [3.05, 3.63) is 28.8 Å². The number of aryl methyl sites for hydroxylation is 2. The first-order valence-corrected chi connectivity index (χ1v) is 6.79. The van der Waals surface area contributed by atoms with Crippen molar-refractivity contribution in [1.82, 2.24) is 10.6 Å².